The number of hydrogen-bond acceptors (Lipinski definition) is 6. The number of rotatable bonds is 12. The van der Waals surface area contributed by atoms with Crippen LogP contribution in [-0.2, 0) is 26.2 Å². The largest absolute Gasteiger partial charge is 0.506 e. The maximum Gasteiger partial charge on any atom is 0.243 e. The van der Waals surface area contributed by atoms with E-state index >= 15 is 0 Å². The van der Waals surface area contributed by atoms with E-state index in [-0.39, 0.29) is 11.5 Å². The van der Waals surface area contributed by atoms with Crippen LogP contribution < -0.4 is 13.7 Å². The van der Waals surface area contributed by atoms with Crippen molar-refractivity contribution in [3.63, 3.8) is 0 Å². The summed E-state index contributed by atoms with van der Waals surface area (Å²) in [5.74, 6) is 0.232. The first-order valence-corrected chi connectivity index (χ1v) is 16.4. The van der Waals surface area contributed by atoms with Crippen molar-refractivity contribution < 1.29 is 23.9 Å². The van der Waals surface area contributed by atoms with E-state index in [1.807, 2.05) is 110 Å². The van der Waals surface area contributed by atoms with E-state index in [0.717, 1.165) is 71.9 Å². The average molecular weight is 650 g/mol. The van der Waals surface area contributed by atoms with E-state index < -0.39 is 0 Å². The molecule has 0 aliphatic heterocycles. The van der Waals surface area contributed by atoms with Crippen LogP contribution in [0.25, 0.3) is 21.5 Å². The minimum atomic E-state index is 0.116. The number of benzene rings is 4. The third-order valence-electron chi connectivity index (χ3n) is 8.45. The molecule has 49 heavy (non-hydrogen) atoms. The Kier molecular flexibility index (Phi) is 9.36. The molecule has 0 aliphatic carbocycles. The van der Waals surface area contributed by atoms with Crippen molar-refractivity contribution in [2.24, 2.45) is 20.5 Å². The summed E-state index contributed by atoms with van der Waals surface area (Å²) in [4.78, 5) is 0. The smallest absolute Gasteiger partial charge is 0.243 e. The number of hydrogen-bond donors (Lipinski definition) is 2. The number of nitrogens with zero attached hydrogens (tertiary/aromatic N) is 8. The van der Waals surface area contributed by atoms with Crippen molar-refractivity contribution in [2.75, 3.05) is 0 Å². The highest BCUT2D eigenvalue weighted by Gasteiger charge is 2.10. The van der Waals surface area contributed by atoms with Gasteiger partial charge in [-0.25, -0.2) is 18.3 Å². The molecule has 10 heteroatoms. The molecule has 0 aliphatic rings. The molecule has 0 spiro atoms. The van der Waals surface area contributed by atoms with Crippen molar-refractivity contribution >= 4 is 44.3 Å². The van der Waals surface area contributed by atoms with Gasteiger partial charge in [-0.2, -0.15) is 0 Å². The van der Waals surface area contributed by atoms with Crippen molar-refractivity contribution in [2.45, 2.75) is 39.0 Å². The van der Waals surface area contributed by atoms with Crippen LogP contribution in [0.15, 0.2) is 161 Å². The van der Waals surface area contributed by atoms with Crippen LogP contribution in [0.2, 0.25) is 0 Å². The molecule has 0 amide bonds. The molecule has 3 aromatic heterocycles. The second kappa shape index (κ2) is 14.6. The summed E-state index contributed by atoms with van der Waals surface area (Å²) in [7, 11) is 0. The van der Waals surface area contributed by atoms with E-state index in [1.165, 1.54) is 0 Å². The summed E-state index contributed by atoms with van der Waals surface area (Å²) in [6, 6.07) is 30.4. The fourth-order valence-corrected chi connectivity index (χ4v) is 5.82. The van der Waals surface area contributed by atoms with Gasteiger partial charge in [0.25, 0.3) is 0 Å². The Bertz CT molecular complexity index is 2100. The Hall–Kier alpha value is -6.29. The topological polar surface area (TPSA) is 106 Å². The molecule has 7 aromatic rings. The number of phenols is 2. The molecule has 0 bridgehead atoms. The van der Waals surface area contributed by atoms with Crippen LogP contribution in [0.1, 0.15) is 12.8 Å². The summed E-state index contributed by atoms with van der Waals surface area (Å²) in [6.45, 7) is 3.61. The molecular weight excluding hydrogens is 612 g/mol. The van der Waals surface area contributed by atoms with E-state index in [2.05, 4.69) is 57.4 Å². The molecule has 0 radical (unpaired) electrons. The quantitative estimate of drug-likeness (QED) is 0.103. The second-order valence-electron chi connectivity index (χ2n) is 11.9. The number of aryl methyl sites for hydroxylation is 4. The summed E-state index contributed by atoms with van der Waals surface area (Å²) >= 11 is 0. The maximum absolute atomic E-state index is 10.3. The summed E-state index contributed by atoms with van der Waals surface area (Å²) in [5, 5.41) is 41.8. The second-order valence-corrected chi connectivity index (χ2v) is 11.9. The van der Waals surface area contributed by atoms with Gasteiger partial charge in [0.2, 0.25) is 6.33 Å². The normalized spacial score (nSPS) is 11.8. The zero-order chi connectivity index (χ0) is 33.4. The van der Waals surface area contributed by atoms with Crippen LogP contribution >= 0.6 is 0 Å². The molecule has 0 saturated heterocycles. The number of pyridine rings is 2. The van der Waals surface area contributed by atoms with Crippen LogP contribution in [0.5, 0.6) is 11.5 Å². The van der Waals surface area contributed by atoms with Gasteiger partial charge in [-0.3, -0.25) is 0 Å². The fourth-order valence-electron chi connectivity index (χ4n) is 5.82. The van der Waals surface area contributed by atoms with Crippen molar-refractivity contribution in [1.82, 2.24) is 4.57 Å². The molecule has 0 unspecified atom stereocenters. The summed E-state index contributed by atoms with van der Waals surface area (Å²) in [5.41, 5.74) is 2.42. The number of fused-ring (bicyclic) bond motifs is 2. The van der Waals surface area contributed by atoms with E-state index in [4.69, 9.17) is 0 Å². The molecule has 0 fully saturated rings. The van der Waals surface area contributed by atoms with Gasteiger partial charge in [0.1, 0.15) is 35.3 Å². The number of aromatic nitrogens is 4. The molecule has 0 saturated carbocycles. The number of imidazole rings is 1. The van der Waals surface area contributed by atoms with Crippen LogP contribution in [-0.4, -0.2) is 14.8 Å². The number of aromatic hydroxyl groups is 2. The monoisotopic (exact) mass is 649 g/mol. The van der Waals surface area contributed by atoms with E-state index in [9.17, 15) is 10.2 Å². The highest BCUT2D eigenvalue weighted by Crippen LogP contribution is 2.37. The SMILES string of the molecule is Oc1ccc2ccccc2c1/N=N\c1cc[n+](CCCn2cc[n+](CCC[n+]3ccc(/N=N\c4c(O)ccc5ccccc45)cc3)c2)cc1. The van der Waals surface area contributed by atoms with Gasteiger partial charge in [-0.05, 0) is 22.9 Å². The average Bonchev–Trinajstić information content (AvgIpc) is 3.59. The predicted octanol–water partition coefficient (Wildman–Crippen LogP) is 8.08. The highest BCUT2D eigenvalue weighted by atomic mass is 16.3. The summed E-state index contributed by atoms with van der Waals surface area (Å²) < 4.78 is 8.73. The molecule has 3 heterocycles. The third kappa shape index (κ3) is 7.65. The van der Waals surface area contributed by atoms with Gasteiger partial charge in [0.15, 0.2) is 37.9 Å². The minimum absolute atomic E-state index is 0.116. The molecule has 7 rings (SSSR count). The Morgan fingerprint density at radius 3 is 1.53 bits per heavy atom. The van der Waals surface area contributed by atoms with Crippen molar-refractivity contribution in [3.05, 3.63) is 141 Å². The first-order chi connectivity index (χ1) is 24.1. The molecule has 10 nitrogen and oxygen atoms in total. The molecular formula is C39H37N8O2+3. The Morgan fingerprint density at radius 2 is 0.980 bits per heavy atom. The number of phenolic OH excluding ortho intramolecular Hbond substituents is 2. The Labute approximate surface area is 283 Å². The lowest BCUT2D eigenvalue weighted by Gasteiger charge is -2.03. The van der Waals surface area contributed by atoms with Gasteiger partial charge in [-0.15, -0.1) is 20.5 Å². The van der Waals surface area contributed by atoms with Gasteiger partial charge in [0.05, 0.1) is 24.5 Å². The lowest BCUT2D eigenvalue weighted by atomic mass is 10.1. The lowest BCUT2D eigenvalue weighted by Crippen LogP contribution is -2.37. The fraction of sp³-hybridized carbons (Fsp3) is 0.154. The predicted molar refractivity (Wildman–Crippen MR) is 187 cm³/mol. The van der Waals surface area contributed by atoms with Gasteiger partial charge in [-0.1, -0.05) is 60.7 Å². The molecule has 0 atom stereocenters. The van der Waals surface area contributed by atoms with Gasteiger partial charge in [0, 0.05) is 47.9 Å². The third-order valence-corrected chi connectivity index (χ3v) is 8.45. The highest BCUT2D eigenvalue weighted by molar-refractivity contribution is 5.96. The summed E-state index contributed by atoms with van der Waals surface area (Å²) in [6.07, 6.45) is 16.4. The molecule has 242 valence electrons. The Balaban J connectivity index is 0.854. The lowest BCUT2D eigenvalue weighted by molar-refractivity contribution is -0.726. The maximum atomic E-state index is 10.3. The van der Waals surface area contributed by atoms with Crippen molar-refractivity contribution in [1.29, 1.82) is 0 Å². The van der Waals surface area contributed by atoms with E-state index in [1.54, 1.807) is 12.1 Å². The first-order valence-electron chi connectivity index (χ1n) is 16.4. The zero-order valence-electron chi connectivity index (χ0n) is 27.0. The number of azo groups is 2. The first kappa shape index (κ1) is 31.3. The van der Waals surface area contributed by atoms with Crippen LogP contribution in [0.3, 0.4) is 0 Å². The van der Waals surface area contributed by atoms with Gasteiger partial charge < -0.3 is 10.2 Å². The molecule has 2 N–H and O–H groups in total. The van der Waals surface area contributed by atoms with Crippen molar-refractivity contribution in [3.8, 4) is 11.5 Å². The standard InChI is InChI=1S/C39H35N8O2/c48-36-13-11-30-7-1-3-9-34(30)38(36)42-40-32-15-23-44(24-16-32)19-5-21-46-27-28-47(29-46)22-6-20-45-25-17-33(18-26-45)41-43-39-35-10-4-2-8-31(35)12-14-37(39)49/h1-4,7-18,23-29H,5-6,19-22H2/q+1/p+2. The zero-order valence-corrected chi connectivity index (χ0v) is 27.0. The van der Waals surface area contributed by atoms with E-state index in [0.29, 0.717) is 11.4 Å². The Morgan fingerprint density at radius 1 is 0.490 bits per heavy atom. The minimum Gasteiger partial charge on any atom is -0.506 e. The van der Waals surface area contributed by atoms with Gasteiger partial charge >= 0.3 is 0 Å². The van der Waals surface area contributed by atoms with Crippen LogP contribution in [0, 0.1) is 0 Å². The van der Waals surface area contributed by atoms with Crippen LogP contribution in [0.4, 0.5) is 22.7 Å². The molecule has 4 aromatic carbocycles.